The molecule has 1 rings (SSSR count). The number of hydrogen-bond acceptors (Lipinski definition) is 4. The predicted octanol–water partition coefficient (Wildman–Crippen LogP) is 1.47. The number of hydrazine groups is 1. The zero-order valence-corrected chi connectivity index (χ0v) is 12.9. The van der Waals surface area contributed by atoms with Gasteiger partial charge in [-0.25, -0.2) is 5.84 Å². The Bertz CT molecular complexity index is 389. The number of nitrogens with two attached hydrogens (primary N) is 1. The van der Waals surface area contributed by atoms with Crippen molar-refractivity contribution in [3.8, 4) is 0 Å². The quantitative estimate of drug-likeness (QED) is 0.320. The highest BCUT2D eigenvalue weighted by molar-refractivity contribution is 7.10. The average Bonchev–Trinajstić information content (AvgIpc) is 2.89. The van der Waals surface area contributed by atoms with E-state index in [0.29, 0.717) is 19.1 Å². The van der Waals surface area contributed by atoms with Gasteiger partial charge >= 0.3 is 0 Å². The van der Waals surface area contributed by atoms with Gasteiger partial charge in [0, 0.05) is 23.4 Å². The minimum Gasteiger partial charge on any atom is -0.383 e. The lowest BCUT2D eigenvalue weighted by molar-refractivity contribution is 0.179. The molecule has 0 amide bonds. The minimum atomic E-state index is 0.00242. The molecule has 0 saturated heterocycles. The van der Waals surface area contributed by atoms with E-state index in [1.54, 1.807) is 18.4 Å². The molecular formula is C13H24N4OS. The van der Waals surface area contributed by atoms with Crippen molar-refractivity contribution in [3.05, 3.63) is 22.4 Å². The number of ether oxygens (including phenoxy) is 1. The van der Waals surface area contributed by atoms with E-state index in [-0.39, 0.29) is 11.5 Å². The van der Waals surface area contributed by atoms with E-state index in [2.05, 4.69) is 47.1 Å². The van der Waals surface area contributed by atoms with E-state index in [1.165, 1.54) is 4.88 Å². The van der Waals surface area contributed by atoms with Crippen LogP contribution >= 0.6 is 11.3 Å². The van der Waals surface area contributed by atoms with Crippen molar-refractivity contribution in [2.45, 2.75) is 32.2 Å². The first-order chi connectivity index (χ1) is 8.99. The lowest BCUT2D eigenvalue weighted by Gasteiger charge is -2.22. The third-order valence-electron chi connectivity index (χ3n) is 2.76. The highest BCUT2D eigenvalue weighted by Crippen LogP contribution is 2.27. The molecule has 0 aliphatic carbocycles. The van der Waals surface area contributed by atoms with E-state index in [1.807, 2.05) is 6.92 Å². The van der Waals surface area contributed by atoms with Crippen molar-refractivity contribution < 1.29 is 4.74 Å². The standard InChI is InChI=1S/C13H24N4OS/c1-10(8-18-4)16-12(17-14)15-9-13(2,3)11-6-5-7-19-11/h5-7,10H,8-9,14H2,1-4H3,(H2,15,16,17). The van der Waals surface area contributed by atoms with Crippen LogP contribution in [-0.2, 0) is 10.2 Å². The molecule has 1 aromatic heterocycles. The Labute approximate surface area is 119 Å². The van der Waals surface area contributed by atoms with Crippen molar-refractivity contribution >= 4 is 17.3 Å². The van der Waals surface area contributed by atoms with Gasteiger partial charge in [-0.15, -0.1) is 11.3 Å². The largest absolute Gasteiger partial charge is 0.383 e. The lowest BCUT2D eigenvalue weighted by Crippen LogP contribution is -2.47. The first-order valence-electron chi connectivity index (χ1n) is 6.30. The summed E-state index contributed by atoms with van der Waals surface area (Å²) in [4.78, 5) is 5.83. The molecule has 1 heterocycles. The second-order valence-electron chi connectivity index (χ2n) is 5.17. The summed E-state index contributed by atoms with van der Waals surface area (Å²) in [6, 6.07) is 4.35. The second-order valence-corrected chi connectivity index (χ2v) is 6.12. The Morgan fingerprint density at radius 3 is 2.84 bits per heavy atom. The SMILES string of the molecule is COCC(C)NC(=NCC(C)(C)c1cccs1)NN. The Kier molecular flexibility index (Phi) is 6.27. The second kappa shape index (κ2) is 7.47. The van der Waals surface area contributed by atoms with Gasteiger partial charge in [0.1, 0.15) is 0 Å². The summed E-state index contributed by atoms with van der Waals surface area (Å²) in [5.74, 6) is 6.08. The molecule has 0 aromatic carbocycles. The molecule has 0 bridgehead atoms. The zero-order chi connectivity index (χ0) is 14.3. The Morgan fingerprint density at radius 1 is 1.58 bits per heavy atom. The van der Waals surface area contributed by atoms with E-state index < -0.39 is 0 Å². The summed E-state index contributed by atoms with van der Waals surface area (Å²) in [6.45, 7) is 7.64. The zero-order valence-electron chi connectivity index (χ0n) is 12.1. The molecule has 0 saturated carbocycles. The summed E-state index contributed by atoms with van der Waals surface area (Å²) >= 11 is 1.75. The molecule has 1 atom stereocenters. The Morgan fingerprint density at radius 2 is 2.32 bits per heavy atom. The fourth-order valence-corrected chi connectivity index (χ4v) is 2.52. The molecule has 5 nitrogen and oxygen atoms in total. The molecule has 4 N–H and O–H groups in total. The third-order valence-corrected chi connectivity index (χ3v) is 3.99. The van der Waals surface area contributed by atoms with Gasteiger partial charge in [0.2, 0.25) is 5.96 Å². The Hall–Kier alpha value is -1.11. The molecule has 19 heavy (non-hydrogen) atoms. The summed E-state index contributed by atoms with van der Waals surface area (Å²) in [5.41, 5.74) is 2.60. The molecule has 0 radical (unpaired) electrons. The summed E-state index contributed by atoms with van der Waals surface area (Å²) in [6.07, 6.45) is 0. The van der Waals surface area contributed by atoms with Crippen LogP contribution < -0.4 is 16.6 Å². The lowest BCUT2D eigenvalue weighted by atomic mass is 9.92. The van der Waals surface area contributed by atoms with Crippen LogP contribution in [-0.4, -0.2) is 32.3 Å². The van der Waals surface area contributed by atoms with Crippen molar-refractivity contribution in [3.63, 3.8) is 0 Å². The van der Waals surface area contributed by atoms with Crippen LogP contribution in [0.5, 0.6) is 0 Å². The number of nitrogens with one attached hydrogen (secondary N) is 2. The van der Waals surface area contributed by atoms with Crippen LogP contribution in [0.2, 0.25) is 0 Å². The molecule has 0 fully saturated rings. The fourth-order valence-electron chi connectivity index (χ4n) is 1.68. The van der Waals surface area contributed by atoms with Gasteiger partial charge in [-0.05, 0) is 18.4 Å². The van der Waals surface area contributed by atoms with Crippen LogP contribution in [0.3, 0.4) is 0 Å². The number of guanidine groups is 1. The molecule has 1 unspecified atom stereocenters. The maximum Gasteiger partial charge on any atom is 0.206 e. The van der Waals surface area contributed by atoms with Gasteiger partial charge < -0.3 is 10.1 Å². The smallest absolute Gasteiger partial charge is 0.206 e. The third kappa shape index (κ3) is 5.18. The van der Waals surface area contributed by atoms with Gasteiger partial charge in [0.05, 0.1) is 13.2 Å². The normalized spacial score (nSPS) is 14.3. The molecule has 0 spiro atoms. The highest BCUT2D eigenvalue weighted by Gasteiger charge is 2.21. The van der Waals surface area contributed by atoms with E-state index in [4.69, 9.17) is 10.6 Å². The van der Waals surface area contributed by atoms with Crippen molar-refractivity contribution in [2.75, 3.05) is 20.3 Å². The van der Waals surface area contributed by atoms with E-state index in [0.717, 1.165) is 0 Å². The molecule has 0 aliphatic rings. The van der Waals surface area contributed by atoms with Gasteiger partial charge in [0.25, 0.3) is 0 Å². The maximum absolute atomic E-state index is 5.48. The van der Waals surface area contributed by atoms with Crippen LogP contribution in [0.4, 0.5) is 0 Å². The average molecular weight is 284 g/mol. The first-order valence-corrected chi connectivity index (χ1v) is 7.18. The molecule has 6 heteroatoms. The van der Waals surface area contributed by atoms with Crippen molar-refractivity contribution in [2.24, 2.45) is 10.8 Å². The molecule has 0 aliphatic heterocycles. The summed E-state index contributed by atoms with van der Waals surface area (Å²) in [7, 11) is 1.67. The Balaban J connectivity index is 2.61. The fraction of sp³-hybridized carbons (Fsp3) is 0.615. The molecule has 108 valence electrons. The van der Waals surface area contributed by atoms with Crippen LogP contribution in [0, 0.1) is 0 Å². The maximum atomic E-state index is 5.48. The number of thiophene rings is 1. The van der Waals surface area contributed by atoms with Gasteiger partial charge in [-0.2, -0.15) is 0 Å². The van der Waals surface area contributed by atoms with Crippen molar-refractivity contribution in [1.82, 2.24) is 10.7 Å². The topological polar surface area (TPSA) is 71.7 Å². The van der Waals surface area contributed by atoms with E-state index >= 15 is 0 Å². The number of aliphatic imine (C=N–C) groups is 1. The monoisotopic (exact) mass is 284 g/mol. The number of methoxy groups -OCH3 is 1. The minimum absolute atomic E-state index is 0.00242. The van der Waals surface area contributed by atoms with Crippen LogP contribution in [0.1, 0.15) is 25.6 Å². The number of hydrogen-bond donors (Lipinski definition) is 3. The van der Waals surface area contributed by atoms with Gasteiger partial charge in [-0.1, -0.05) is 19.9 Å². The van der Waals surface area contributed by atoms with Crippen molar-refractivity contribution in [1.29, 1.82) is 0 Å². The van der Waals surface area contributed by atoms with E-state index in [9.17, 15) is 0 Å². The first kappa shape index (κ1) is 15.9. The van der Waals surface area contributed by atoms with Crippen LogP contribution in [0.15, 0.2) is 22.5 Å². The molecule has 1 aromatic rings. The number of rotatable bonds is 6. The summed E-state index contributed by atoms with van der Waals surface area (Å²) < 4.78 is 5.07. The molecular weight excluding hydrogens is 260 g/mol. The number of nitrogens with zero attached hydrogens (tertiary/aromatic N) is 1. The van der Waals surface area contributed by atoms with Gasteiger partial charge in [0.15, 0.2) is 0 Å². The van der Waals surface area contributed by atoms with Crippen LogP contribution in [0.25, 0.3) is 0 Å². The predicted molar refractivity (Wildman–Crippen MR) is 81.4 cm³/mol. The van der Waals surface area contributed by atoms with Gasteiger partial charge in [-0.3, -0.25) is 10.4 Å². The summed E-state index contributed by atoms with van der Waals surface area (Å²) in [5, 5.41) is 5.26. The highest BCUT2D eigenvalue weighted by atomic mass is 32.1.